The minimum absolute atomic E-state index is 1.03. The Morgan fingerprint density at radius 3 is 0.806 bits per heavy atom. The lowest BCUT2D eigenvalue weighted by atomic mass is 9.82. The van der Waals surface area contributed by atoms with Crippen LogP contribution in [0.15, 0.2) is 0 Å². The molecule has 0 aliphatic heterocycles. The highest BCUT2D eigenvalue weighted by Gasteiger charge is 2.16. The van der Waals surface area contributed by atoms with E-state index in [1.165, 1.54) is 154 Å². The van der Waals surface area contributed by atoms with Gasteiger partial charge in [-0.1, -0.05) is 182 Å². The van der Waals surface area contributed by atoms with Crippen molar-refractivity contribution >= 4 is 0 Å². The Hall–Kier alpha value is 0. The van der Waals surface area contributed by atoms with Crippen molar-refractivity contribution in [1.82, 2.24) is 0 Å². The molecule has 0 N–H and O–H groups in total. The highest BCUT2D eigenvalue weighted by molar-refractivity contribution is 4.69. The van der Waals surface area contributed by atoms with Crippen molar-refractivity contribution in [3.63, 3.8) is 0 Å². The summed E-state index contributed by atoms with van der Waals surface area (Å²) in [5.41, 5.74) is 0. The number of hydrogen-bond donors (Lipinski definition) is 0. The Kier molecular flexibility index (Phi) is 26.3. The summed E-state index contributed by atoms with van der Waals surface area (Å²) in [6.07, 6.45) is 36.8. The molecule has 0 aliphatic rings. The van der Waals surface area contributed by atoms with Crippen LogP contribution in [0.2, 0.25) is 0 Å². The molecule has 0 bridgehead atoms. The first-order chi connectivity index (χ1) is 15.3. The molecule has 188 valence electrons. The van der Waals surface area contributed by atoms with Crippen molar-refractivity contribution < 1.29 is 0 Å². The van der Waals surface area contributed by atoms with Gasteiger partial charge in [-0.3, -0.25) is 0 Å². The van der Waals surface area contributed by atoms with Crippen molar-refractivity contribution in [2.24, 2.45) is 11.8 Å². The summed E-state index contributed by atoms with van der Waals surface area (Å²) in [6.45, 7) is 9.35. The van der Waals surface area contributed by atoms with Crippen molar-refractivity contribution in [3.8, 4) is 0 Å². The first kappa shape index (κ1) is 31.0. The van der Waals surface area contributed by atoms with E-state index in [9.17, 15) is 0 Å². The van der Waals surface area contributed by atoms with Crippen LogP contribution in [0.1, 0.15) is 188 Å². The van der Waals surface area contributed by atoms with Crippen LogP contribution in [0.3, 0.4) is 0 Å². The summed E-state index contributed by atoms with van der Waals surface area (Å²) in [4.78, 5) is 0. The van der Waals surface area contributed by atoms with Crippen molar-refractivity contribution in [2.75, 3.05) is 0 Å². The second-order valence-corrected chi connectivity index (χ2v) is 10.8. The monoisotopic (exact) mass is 437 g/mol. The van der Waals surface area contributed by atoms with Crippen LogP contribution >= 0.6 is 0 Å². The van der Waals surface area contributed by atoms with Crippen LogP contribution in [0.25, 0.3) is 0 Å². The summed E-state index contributed by atoms with van der Waals surface area (Å²) in [7, 11) is 0. The van der Waals surface area contributed by atoms with Crippen LogP contribution in [-0.4, -0.2) is 0 Å². The van der Waals surface area contributed by atoms with Crippen LogP contribution in [0, 0.1) is 11.8 Å². The van der Waals surface area contributed by atoms with E-state index in [1.807, 2.05) is 0 Å². The molecule has 0 saturated heterocycles. The molecule has 0 spiro atoms. The molecule has 31 heavy (non-hydrogen) atoms. The summed E-state index contributed by atoms with van der Waals surface area (Å²) in [5.74, 6) is 2.05. The first-order valence-corrected chi connectivity index (χ1v) is 15.3. The van der Waals surface area contributed by atoms with Crippen LogP contribution < -0.4 is 0 Å². The summed E-state index contributed by atoms with van der Waals surface area (Å²) in [5, 5.41) is 0. The zero-order valence-corrected chi connectivity index (χ0v) is 22.8. The molecule has 0 aromatic heterocycles. The van der Waals surface area contributed by atoms with Gasteiger partial charge in [0.1, 0.15) is 0 Å². The molecule has 2 unspecified atom stereocenters. The second kappa shape index (κ2) is 26.3. The van der Waals surface area contributed by atoms with Crippen LogP contribution in [0.5, 0.6) is 0 Å². The van der Waals surface area contributed by atoms with E-state index in [-0.39, 0.29) is 0 Å². The normalized spacial score (nSPS) is 13.5. The van der Waals surface area contributed by atoms with E-state index in [4.69, 9.17) is 0 Å². The highest BCUT2D eigenvalue weighted by Crippen LogP contribution is 2.31. The molecule has 0 aliphatic carbocycles. The molecule has 0 nitrogen and oxygen atoms in total. The minimum Gasteiger partial charge on any atom is -0.0654 e. The number of rotatable bonds is 26. The molecule has 0 saturated carbocycles. The van der Waals surface area contributed by atoms with E-state index < -0.39 is 0 Å². The third kappa shape index (κ3) is 23.0. The predicted octanol–water partition coefficient (Wildman–Crippen LogP) is 12.1. The third-order valence-corrected chi connectivity index (χ3v) is 7.53. The minimum atomic E-state index is 1.03. The van der Waals surface area contributed by atoms with Crippen molar-refractivity contribution in [3.05, 3.63) is 0 Å². The van der Waals surface area contributed by atoms with E-state index in [0.29, 0.717) is 0 Å². The van der Waals surface area contributed by atoms with E-state index in [2.05, 4.69) is 27.7 Å². The topological polar surface area (TPSA) is 0 Å². The fourth-order valence-corrected chi connectivity index (χ4v) is 5.38. The first-order valence-electron chi connectivity index (χ1n) is 15.3. The van der Waals surface area contributed by atoms with Crippen molar-refractivity contribution in [2.45, 2.75) is 188 Å². The molecule has 0 aromatic carbocycles. The highest BCUT2D eigenvalue weighted by atomic mass is 14.2. The lowest BCUT2D eigenvalue weighted by Crippen LogP contribution is -2.11. The lowest BCUT2D eigenvalue weighted by molar-refractivity contribution is 0.282. The van der Waals surface area contributed by atoms with Gasteiger partial charge in [0.2, 0.25) is 0 Å². The summed E-state index contributed by atoms with van der Waals surface area (Å²) >= 11 is 0. The van der Waals surface area contributed by atoms with E-state index >= 15 is 0 Å². The largest absolute Gasteiger partial charge is 0.0654 e. The van der Waals surface area contributed by atoms with Gasteiger partial charge in [-0.25, -0.2) is 0 Å². The van der Waals surface area contributed by atoms with Gasteiger partial charge in [0.15, 0.2) is 0 Å². The molecule has 0 fully saturated rings. The predicted molar refractivity (Wildman–Crippen MR) is 145 cm³/mol. The summed E-state index contributed by atoms with van der Waals surface area (Å²) in [6, 6.07) is 0. The standard InChI is InChI=1S/C31H64/c1-5-9-13-17-20-24-28-31(27-23-19-15-11-7-3)29-30(25-21-16-12-8-4)26-22-18-14-10-6-2/h30-31H,5-29H2,1-4H3. The maximum Gasteiger partial charge on any atom is -0.0412 e. The Morgan fingerprint density at radius 1 is 0.290 bits per heavy atom. The zero-order chi connectivity index (χ0) is 22.8. The zero-order valence-electron chi connectivity index (χ0n) is 22.8. The van der Waals surface area contributed by atoms with Gasteiger partial charge in [-0.05, 0) is 18.3 Å². The smallest absolute Gasteiger partial charge is 0.0412 e. The quantitative estimate of drug-likeness (QED) is 0.118. The fraction of sp³-hybridized carbons (Fsp3) is 1.00. The fourth-order valence-electron chi connectivity index (χ4n) is 5.38. The number of unbranched alkanes of at least 4 members (excludes halogenated alkanes) is 16. The molecule has 2 atom stereocenters. The Bertz CT molecular complexity index is 307. The molecular weight excluding hydrogens is 372 g/mol. The molecule has 0 rings (SSSR count). The summed E-state index contributed by atoms with van der Waals surface area (Å²) < 4.78 is 0. The van der Waals surface area contributed by atoms with Crippen LogP contribution in [0.4, 0.5) is 0 Å². The maximum atomic E-state index is 2.35. The third-order valence-electron chi connectivity index (χ3n) is 7.53. The average molecular weight is 437 g/mol. The lowest BCUT2D eigenvalue weighted by Gasteiger charge is -2.24. The Morgan fingerprint density at radius 2 is 0.516 bits per heavy atom. The van der Waals surface area contributed by atoms with Crippen LogP contribution in [-0.2, 0) is 0 Å². The van der Waals surface area contributed by atoms with E-state index in [0.717, 1.165) is 11.8 Å². The van der Waals surface area contributed by atoms with Gasteiger partial charge in [-0.15, -0.1) is 0 Å². The molecule has 0 radical (unpaired) electrons. The number of hydrogen-bond acceptors (Lipinski definition) is 0. The molecule has 0 amide bonds. The average Bonchev–Trinajstić information content (AvgIpc) is 2.78. The molecular formula is C31H64. The van der Waals surface area contributed by atoms with E-state index in [1.54, 1.807) is 6.42 Å². The van der Waals surface area contributed by atoms with Gasteiger partial charge >= 0.3 is 0 Å². The maximum absolute atomic E-state index is 2.35. The van der Waals surface area contributed by atoms with Gasteiger partial charge < -0.3 is 0 Å². The van der Waals surface area contributed by atoms with Gasteiger partial charge in [0, 0.05) is 0 Å². The van der Waals surface area contributed by atoms with Gasteiger partial charge in [-0.2, -0.15) is 0 Å². The van der Waals surface area contributed by atoms with Gasteiger partial charge in [0.05, 0.1) is 0 Å². The molecule has 0 heteroatoms. The Balaban J connectivity index is 4.49. The second-order valence-electron chi connectivity index (χ2n) is 10.8. The van der Waals surface area contributed by atoms with Crippen molar-refractivity contribution in [1.29, 1.82) is 0 Å². The van der Waals surface area contributed by atoms with Gasteiger partial charge in [0.25, 0.3) is 0 Å². The molecule has 0 aromatic rings. The molecule has 0 heterocycles. The Labute approximate surface area is 200 Å². The SMILES string of the molecule is CCCCCCCCC(CCCCCCC)CC(CCCCCC)CCCCCCC.